The first kappa shape index (κ1) is 8.27. The highest BCUT2D eigenvalue weighted by Crippen LogP contribution is 2.22. The Kier molecular flexibility index (Phi) is 2.29. The SMILES string of the molecule is CCc1c(C)csc1C(=O)O. The van der Waals surface area contributed by atoms with Crippen molar-refractivity contribution >= 4 is 17.3 Å². The van der Waals surface area contributed by atoms with Crippen molar-refractivity contribution in [1.82, 2.24) is 0 Å². The largest absolute Gasteiger partial charge is 0.477 e. The molecule has 11 heavy (non-hydrogen) atoms. The molecule has 0 atom stereocenters. The van der Waals surface area contributed by atoms with E-state index >= 15 is 0 Å². The molecule has 2 nitrogen and oxygen atoms in total. The second-order valence-electron chi connectivity index (χ2n) is 2.39. The number of thiophene rings is 1. The normalized spacial score (nSPS) is 10.0. The van der Waals surface area contributed by atoms with Crippen molar-refractivity contribution in [1.29, 1.82) is 0 Å². The summed E-state index contributed by atoms with van der Waals surface area (Å²) in [6, 6.07) is 0. The number of hydrogen-bond donors (Lipinski definition) is 1. The molecule has 0 amide bonds. The van der Waals surface area contributed by atoms with Crippen molar-refractivity contribution in [2.45, 2.75) is 20.3 Å². The number of carboxylic acids is 1. The lowest BCUT2D eigenvalue weighted by Crippen LogP contribution is -1.97. The first-order chi connectivity index (χ1) is 5.16. The van der Waals surface area contributed by atoms with Gasteiger partial charge in [0, 0.05) is 0 Å². The molecule has 1 heterocycles. The van der Waals surface area contributed by atoms with Crippen LogP contribution in [0.4, 0.5) is 0 Å². The van der Waals surface area contributed by atoms with Gasteiger partial charge in [-0.15, -0.1) is 11.3 Å². The molecule has 0 aliphatic rings. The van der Waals surface area contributed by atoms with Crippen LogP contribution in [-0.2, 0) is 6.42 Å². The predicted octanol–water partition coefficient (Wildman–Crippen LogP) is 2.32. The number of aromatic carboxylic acids is 1. The van der Waals surface area contributed by atoms with Gasteiger partial charge in [0.25, 0.3) is 0 Å². The Morgan fingerprint density at radius 2 is 2.36 bits per heavy atom. The average Bonchev–Trinajstić information content (AvgIpc) is 2.30. The Balaban J connectivity index is 3.15. The minimum Gasteiger partial charge on any atom is -0.477 e. The van der Waals surface area contributed by atoms with E-state index in [0.29, 0.717) is 4.88 Å². The quantitative estimate of drug-likeness (QED) is 0.739. The summed E-state index contributed by atoms with van der Waals surface area (Å²) in [5, 5.41) is 10.6. The fourth-order valence-electron chi connectivity index (χ4n) is 1.09. The molecule has 0 unspecified atom stereocenters. The van der Waals surface area contributed by atoms with E-state index in [9.17, 15) is 4.79 Å². The van der Waals surface area contributed by atoms with E-state index < -0.39 is 5.97 Å². The van der Waals surface area contributed by atoms with Crippen LogP contribution in [-0.4, -0.2) is 11.1 Å². The second kappa shape index (κ2) is 3.05. The van der Waals surface area contributed by atoms with Crippen molar-refractivity contribution in [3.8, 4) is 0 Å². The molecule has 3 heteroatoms. The van der Waals surface area contributed by atoms with Gasteiger partial charge in [-0.25, -0.2) is 4.79 Å². The average molecular weight is 170 g/mol. The highest BCUT2D eigenvalue weighted by Gasteiger charge is 2.12. The van der Waals surface area contributed by atoms with Crippen molar-refractivity contribution < 1.29 is 9.90 Å². The summed E-state index contributed by atoms with van der Waals surface area (Å²) in [5.41, 5.74) is 2.07. The highest BCUT2D eigenvalue weighted by atomic mass is 32.1. The van der Waals surface area contributed by atoms with Gasteiger partial charge in [0.15, 0.2) is 0 Å². The smallest absolute Gasteiger partial charge is 0.346 e. The van der Waals surface area contributed by atoms with Crippen LogP contribution in [0.15, 0.2) is 5.38 Å². The van der Waals surface area contributed by atoms with E-state index in [1.165, 1.54) is 11.3 Å². The van der Waals surface area contributed by atoms with Crippen molar-refractivity contribution in [3.05, 3.63) is 21.4 Å². The Labute approximate surface area is 69.5 Å². The molecular formula is C8H10O2S. The Hall–Kier alpha value is -0.830. The van der Waals surface area contributed by atoms with E-state index in [4.69, 9.17) is 5.11 Å². The van der Waals surface area contributed by atoms with E-state index in [-0.39, 0.29) is 0 Å². The predicted molar refractivity (Wildman–Crippen MR) is 45.4 cm³/mol. The molecule has 0 aliphatic heterocycles. The van der Waals surface area contributed by atoms with Crippen LogP contribution >= 0.6 is 11.3 Å². The van der Waals surface area contributed by atoms with Crippen molar-refractivity contribution in [2.24, 2.45) is 0 Å². The molecule has 0 bridgehead atoms. The fraction of sp³-hybridized carbons (Fsp3) is 0.375. The van der Waals surface area contributed by atoms with Crippen molar-refractivity contribution in [3.63, 3.8) is 0 Å². The first-order valence-corrected chi connectivity index (χ1v) is 4.35. The molecule has 0 saturated carbocycles. The number of carboxylic acid groups (broad SMARTS) is 1. The lowest BCUT2D eigenvalue weighted by Gasteiger charge is -1.95. The fourth-order valence-corrected chi connectivity index (χ4v) is 2.07. The summed E-state index contributed by atoms with van der Waals surface area (Å²) in [6.45, 7) is 3.92. The maximum absolute atomic E-state index is 10.6. The third-order valence-electron chi connectivity index (χ3n) is 1.65. The molecule has 0 saturated heterocycles. The maximum atomic E-state index is 10.6. The van der Waals surface area contributed by atoms with E-state index in [1.54, 1.807) is 0 Å². The van der Waals surface area contributed by atoms with Crippen LogP contribution in [0.5, 0.6) is 0 Å². The van der Waals surface area contributed by atoms with Gasteiger partial charge in [-0.1, -0.05) is 6.92 Å². The van der Waals surface area contributed by atoms with Gasteiger partial charge in [-0.05, 0) is 29.9 Å². The molecule has 1 aromatic heterocycles. The summed E-state index contributed by atoms with van der Waals surface area (Å²) < 4.78 is 0. The molecule has 0 spiro atoms. The topological polar surface area (TPSA) is 37.3 Å². The third-order valence-corrected chi connectivity index (χ3v) is 2.78. The van der Waals surface area contributed by atoms with Crippen LogP contribution in [0, 0.1) is 6.92 Å². The standard InChI is InChI=1S/C8H10O2S/c1-3-6-5(2)4-11-7(6)8(9)10/h4H,3H2,1-2H3,(H,9,10). The van der Waals surface area contributed by atoms with Crippen molar-refractivity contribution in [2.75, 3.05) is 0 Å². The van der Waals surface area contributed by atoms with Gasteiger partial charge >= 0.3 is 5.97 Å². The molecule has 1 aromatic rings. The van der Waals surface area contributed by atoms with Gasteiger partial charge in [-0.3, -0.25) is 0 Å². The van der Waals surface area contributed by atoms with Gasteiger partial charge in [0.05, 0.1) is 0 Å². The Morgan fingerprint density at radius 3 is 2.73 bits per heavy atom. The highest BCUT2D eigenvalue weighted by molar-refractivity contribution is 7.12. The third kappa shape index (κ3) is 1.43. The lowest BCUT2D eigenvalue weighted by atomic mass is 10.1. The molecule has 0 aromatic carbocycles. The van der Waals surface area contributed by atoms with E-state index in [1.807, 2.05) is 19.2 Å². The first-order valence-electron chi connectivity index (χ1n) is 3.47. The summed E-state index contributed by atoms with van der Waals surface area (Å²) in [5.74, 6) is -0.806. The van der Waals surface area contributed by atoms with E-state index in [2.05, 4.69) is 0 Å². The molecule has 0 radical (unpaired) electrons. The molecular weight excluding hydrogens is 160 g/mol. The number of hydrogen-bond acceptors (Lipinski definition) is 2. The van der Waals surface area contributed by atoms with Gasteiger partial charge < -0.3 is 5.11 Å². The molecule has 60 valence electrons. The monoisotopic (exact) mass is 170 g/mol. The summed E-state index contributed by atoms with van der Waals surface area (Å²) >= 11 is 1.31. The van der Waals surface area contributed by atoms with Crippen LogP contribution < -0.4 is 0 Å². The van der Waals surface area contributed by atoms with E-state index in [0.717, 1.165) is 17.5 Å². The minimum atomic E-state index is -0.806. The summed E-state index contributed by atoms with van der Waals surface area (Å²) in [4.78, 5) is 11.1. The summed E-state index contributed by atoms with van der Waals surface area (Å²) in [6.07, 6.45) is 0.803. The number of aryl methyl sites for hydroxylation is 1. The van der Waals surface area contributed by atoms with Crippen LogP contribution in [0.25, 0.3) is 0 Å². The molecule has 1 N–H and O–H groups in total. The maximum Gasteiger partial charge on any atom is 0.346 e. The second-order valence-corrected chi connectivity index (χ2v) is 3.26. The molecule has 1 rings (SSSR count). The van der Waals surface area contributed by atoms with Gasteiger partial charge in [0.2, 0.25) is 0 Å². The molecule has 0 fully saturated rings. The zero-order valence-electron chi connectivity index (χ0n) is 6.55. The van der Waals surface area contributed by atoms with Gasteiger partial charge in [0.1, 0.15) is 4.88 Å². The Bertz CT molecular complexity index is 276. The van der Waals surface area contributed by atoms with Crippen LogP contribution in [0.2, 0.25) is 0 Å². The van der Waals surface area contributed by atoms with Gasteiger partial charge in [-0.2, -0.15) is 0 Å². The Morgan fingerprint density at radius 1 is 1.73 bits per heavy atom. The minimum absolute atomic E-state index is 0.491. The lowest BCUT2D eigenvalue weighted by molar-refractivity contribution is 0.0701. The van der Waals surface area contributed by atoms with Crippen LogP contribution in [0.1, 0.15) is 27.7 Å². The van der Waals surface area contributed by atoms with Crippen LogP contribution in [0.3, 0.4) is 0 Å². The summed E-state index contributed by atoms with van der Waals surface area (Å²) in [7, 11) is 0. The number of rotatable bonds is 2. The molecule has 0 aliphatic carbocycles. The zero-order valence-corrected chi connectivity index (χ0v) is 7.36. The number of carbonyl (C=O) groups is 1. The zero-order chi connectivity index (χ0) is 8.43.